The second-order valence-electron chi connectivity index (χ2n) is 6.47. The van der Waals surface area contributed by atoms with Gasteiger partial charge in [-0.15, -0.1) is 0 Å². The molecule has 0 atom stereocenters. The Morgan fingerprint density at radius 3 is 2.08 bits per heavy atom. The fourth-order valence-electron chi connectivity index (χ4n) is 2.18. The van der Waals surface area contributed by atoms with E-state index < -0.39 is 4.92 Å². The van der Waals surface area contributed by atoms with Crippen LogP contribution < -0.4 is 5.32 Å². The second kappa shape index (κ2) is 7.08. The van der Waals surface area contributed by atoms with E-state index in [4.69, 9.17) is 0 Å². The van der Waals surface area contributed by atoms with Gasteiger partial charge in [-0.2, -0.15) is 0 Å². The van der Waals surface area contributed by atoms with Gasteiger partial charge in [-0.1, -0.05) is 30.3 Å². The van der Waals surface area contributed by atoms with E-state index >= 15 is 0 Å². The van der Waals surface area contributed by atoms with E-state index in [1.807, 2.05) is 39.0 Å². The molecular weight excluding hydrogens is 304 g/mol. The first-order valence-electron chi connectivity index (χ1n) is 7.60. The van der Waals surface area contributed by atoms with Crippen molar-refractivity contribution in [2.75, 3.05) is 0 Å². The van der Waals surface area contributed by atoms with Gasteiger partial charge in [0.05, 0.1) is 4.92 Å². The summed E-state index contributed by atoms with van der Waals surface area (Å²) < 4.78 is 0. The maximum atomic E-state index is 12.5. The number of carbonyl (C=O) groups is 1. The molecule has 0 radical (unpaired) electrons. The standard InChI is InChI=1S/C19H20N2O3/c1-19(2,3)20-17(13-18(22)15-7-5-4-6-8-15)14-9-11-16(12-10-14)21(23)24/h4-13,20H,1-3H3/b17-13-. The van der Waals surface area contributed by atoms with Crippen LogP contribution in [0.25, 0.3) is 5.70 Å². The second-order valence-corrected chi connectivity index (χ2v) is 6.47. The van der Waals surface area contributed by atoms with Crippen LogP contribution in [-0.2, 0) is 0 Å². The van der Waals surface area contributed by atoms with E-state index in [0.29, 0.717) is 11.3 Å². The van der Waals surface area contributed by atoms with E-state index in [-0.39, 0.29) is 17.0 Å². The third-order valence-electron chi connectivity index (χ3n) is 3.23. The third kappa shape index (κ3) is 4.78. The fraction of sp³-hybridized carbons (Fsp3) is 0.211. The highest BCUT2D eigenvalue weighted by Gasteiger charge is 2.15. The Morgan fingerprint density at radius 2 is 1.58 bits per heavy atom. The number of nitrogens with one attached hydrogen (secondary N) is 1. The number of non-ortho nitro benzene ring substituents is 1. The molecule has 0 aliphatic rings. The SMILES string of the molecule is CC(C)(C)N/C(=C\C(=O)c1ccccc1)c1ccc([N+](=O)[O-])cc1. The highest BCUT2D eigenvalue weighted by atomic mass is 16.6. The Labute approximate surface area is 141 Å². The Morgan fingerprint density at radius 1 is 1.00 bits per heavy atom. The quantitative estimate of drug-likeness (QED) is 0.387. The molecule has 0 bridgehead atoms. The maximum Gasteiger partial charge on any atom is 0.269 e. The minimum absolute atomic E-state index is 0.0169. The summed E-state index contributed by atoms with van der Waals surface area (Å²) in [5.41, 5.74) is 1.70. The lowest BCUT2D eigenvalue weighted by atomic mass is 10.0. The van der Waals surface area contributed by atoms with Gasteiger partial charge < -0.3 is 5.32 Å². The van der Waals surface area contributed by atoms with Gasteiger partial charge in [-0.3, -0.25) is 14.9 Å². The molecule has 0 spiro atoms. The number of nitro groups is 1. The normalized spacial score (nSPS) is 11.9. The van der Waals surface area contributed by atoms with Crippen molar-refractivity contribution in [3.8, 4) is 0 Å². The number of hydrogen-bond donors (Lipinski definition) is 1. The summed E-state index contributed by atoms with van der Waals surface area (Å²) in [5, 5.41) is 14.1. The average Bonchev–Trinajstić information content (AvgIpc) is 2.54. The fourth-order valence-corrected chi connectivity index (χ4v) is 2.18. The summed E-state index contributed by atoms with van der Waals surface area (Å²) in [4.78, 5) is 22.8. The number of allylic oxidation sites excluding steroid dienone is 1. The zero-order valence-corrected chi connectivity index (χ0v) is 13.9. The number of carbonyl (C=O) groups excluding carboxylic acids is 1. The lowest BCUT2D eigenvalue weighted by Crippen LogP contribution is -2.34. The minimum Gasteiger partial charge on any atom is -0.380 e. The van der Waals surface area contributed by atoms with Gasteiger partial charge in [-0.05, 0) is 38.5 Å². The van der Waals surface area contributed by atoms with Crippen molar-refractivity contribution in [3.05, 3.63) is 81.9 Å². The Balaban J connectivity index is 2.39. The molecule has 0 amide bonds. The summed E-state index contributed by atoms with van der Waals surface area (Å²) in [6.45, 7) is 5.96. The third-order valence-corrected chi connectivity index (χ3v) is 3.23. The molecule has 5 nitrogen and oxygen atoms in total. The Kier molecular flexibility index (Phi) is 5.14. The lowest BCUT2D eigenvalue weighted by molar-refractivity contribution is -0.384. The lowest BCUT2D eigenvalue weighted by Gasteiger charge is -2.24. The molecule has 124 valence electrons. The van der Waals surface area contributed by atoms with Crippen molar-refractivity contribution >= 4 is 17.2 Å². The Bertz CT molecular complexity index is 757. The van der Waals surface area contributed by atoms with Crippen LogP contribution in [0.5, 0.6) is 0 Å². The van der Waals surface area contributed by atoms with Crippen LogP contribution in [0.1, 0.15) is 36.7 Å². The summed E-state index contributed by atoms with van der Waals surface area (Å²) in [6.07, 6.45) is 1.53. The number of nitrogens with zero attached hydrogens (tertiary/aromatic N) is 1. The molecule has 0 aliphatic carbocycles. The van der Waals surface area contributed by atoms with Crippen molar-refractivity contribution < 1.29 is 9.72 Å². The highest BCUT2D eigenvalue weighted by Crippen LogP contribution is 2.20. The zero-order valence-electron chi connectivity index (χ0n) is 13.9. The first-order valence-corrected chi connectivity index (χ1v) is 7.60. The van der Waals surface area contributed by atoms with Gasteiger partial charge in [0.15, 0.2) is 5.78 Å². The van der Waals surface area contributed by atoms with E-state index in [9.17, 15) is 14.9 Å². The molecule has 0 saturated heterocycles. The summed E-state index contributed by atoms with van der Waals surface area (Å²) in [5.74, 6) is -0.124. The molecule has 5 heteroatoms. The van der Waals surface area contributed by atoms with Gasteiger partial charge in [0.2, 0.25) is 0 Å². The van der Waals surface area contributed by atoms with Crippen molar-refractivity contribution in [2.24, 2.45) is 0 Å². The van der Waals surface area contributed by atoms with Crippen molar-refractivity contribution in [2.45, 2.75) is 26.3 Å². The van der Waals surface area contributed by atoms with Crippen LogP contribution in [0.4, 0.5) is 5.69 Å². The van der Waals surface area contributed by atoms with Crippen LogP contribution >= 0.6 is 0 Å². The zero-order chi connectivity index (χ0) is 17.7. The molecule has 0 aliphatic heterocycles. The molecule has 24 heavy (non-hydrogen) atoms. The van der Waals surface area contributed by atoms with Gasteiger partial charge in [0.25, 0.3) is 5.69 Å². The van der Waals surface area contributed by atoms with Crippen LogP contribution in [0, 0.1) is 10.1 Å². The smallest absolute Gasteiger partial charge is 0.269 e. The van der Waals surface area contributed by atoms with Crippen molar-refractivity contribution in [1.29, 1.82) is 0 Å². The highest BCUT2D eigenvalue weighted by molar-refractivity contribution is 6.08. The minimum atomic E-state index is -0.445. The van der Waals surface area contributed by atoms with Crippen molar-refractivity contribution in [1.82, 2.24) is 5.32 Å². The predicted molar refractivity (Wildman–Crippen MR) is 94.7 cm³/mol. The van der Waals surface area contributed by atoms with Crippen molar-refractivity contribution in [3.63, 3.8) is 0 Å². The van der Waals surface area contributed by atoms with Gasteiger partial charge in [0, 0.05) is 35.0 Å². The van der Waals surface area contributed by atoms with E-state index in [1.54, 1.807) is 24.3 Å². The van der Waals surface area contributed by atoms with Gasteiger partial charge >= 0.3 is 0 Å². The molecular formula is C19H20N2O3. The largest absolute Gasteiger partial charge is 0.380 e. The molecule has 0 fully saturated rings. The maximum absolute atomic E-state index is 12.5. The van der Waals surface area contributed by atoms with Crippen LogP contribution in [-0.4, -0.2) is 16.2 Å². The molecule has 0 saturated carbocycles. The van der Waals surface area contributed by atoms with Gasteiger partial charge in [-0.25, -0.2) is 0 Å². The number of hydrogen-bond acceptors (Lipinski definition) is 4. The topological polar surface area (TPSA) is 72.2 Å². The monoisotopic (exact) mass is 324 g/mol. The number of benzene rings is 2. The van der Waals surface area contributed by atoms with E-state index in [1.165, 1.54) is 18.2 Å². The van der Waals surface area contributed by atoms with Crippen LogP contribution in [0.2, 0.25) is 0 Å². The molecule has 1 N–H and O–H groups in total. The number of rotatable bonds is 5. The first-order chi connectivity index (χ1) is 11.3. The average molecular weight is 324 g/mol. The molecule has 0 unspecified atom stereocenters. The van der Waals surface area contributed by atoms with Gasteiger partial charge in [0.1, 0.15) is 0 Å². The summed E-state index contributed by atoms with van der Waals surface area (Å²) in [6, 6.07) is 15.1. The van der Waals surface area contributed by atoms with E-state index in [0.717, 1.165) is 5.56 Å². The molecule has 0 aromatic heterocycles. The number of ketones is 1. The summed E-state index contributed by atoms with van der Waals surface area (Å²) >= 11 is 0. The summed E-state index contributed by atoms with van der Waals surface area (Å²) in [7, 11) is 0. The molecule has 0 heterocycles. The number of nitro benzene ring substituents is 1. The predicted octanol–water partition coefficient (Wildman–Crippen LogP) is 4.21. The molecule has 2 aromatic rings. The molecule has 2 rings (SSSR count). The van der Waals surface area contributed by atoms with Crippen LogP contribution in [0.3, 0.4) is 0 Å². The molecule has 2 aromatic carbocycles. The van der Waals surface area contributed by atoms with E-state index in [2.05, 4.69) is 5.32 Å². The Hall–Kier alpha value is -2.95. The van der Waals surface area contributed by atoms with Crippen LogP contribution in [0.15, 0.2) is 60.7 Å². The first kappa shape index (κ1) is 17.4.